The van der Waals surface area contributed by atoms with Crippen molar-refractivity contribution >= 4 is 0 Å². The van der Waals surface area contributed by atoms with Crippen LogP contribution in [0.5, 0.6) is 0 Å². The fourth-order valence-corrected chi connectivity index (χ4v) is 1.99. The molecule has 0 heterocycles. The zero-order valence-electron chi connectivity index (χ0n) is 9.25. The van der Waals surface area contributed by atoms with E-state index in [-0.39, 0.29) is 40.1 Å². The summed E-state index contributed by atoms with van der Waals surface area (Å²) in [5, 5.41) is 4.36. The van der Waals surface area contributed by atoms with Gasteiger partial charge < -0.3 is 12.7 Å². The maximum atomic E-state index is 4.36. The van der Waals surface area contributed by atoms with Gasteiger partial charge in [-0.05, 0) is 18.9 Å². The second kappa shape index (κ2) is 6.00. The zero-order chi connectivity index (χ0) is 8.55. The second-order valence-corrected chi connectivity index (χ2v) is 3.51. The Morgan fingerprint density at radius 1 is 1.36 bits per heavy atom. The first-order chi connectivity index (χ1) is 5.81. The summed E-state index contributed by atoms with van der Waals surface area (Å²) in [6.07, 6.45) is 2.41. The average Bonchev–Trinajstić information content (AvgIpc) is 2.46. The molecule has 1 aromatic carbocycles. The van der Waals surface area contributed by atoms with E-state index >= 15 is 0 Å². The second-order valence-electron chi connectivity index (χ2n) is 3.51. The fourth-order valence-electron chi connectivity index (χ4n) is 1.99. The number of fused-ring (bicyclic) bond motifs is 1. The first kappa shape index (κ1) is 14.3. The average molecular weight is 264 g/mol. The standard InChI is InChI=1S/C11H14N.CH3.Y/c1-8-3-5-10-9(7-8)4-6-11(10)12-2;;/h3,5,7,11H,4,6H2,1-2H3;1H3;/q2*-1;. The Kier molecular flexibility index (Phi) is 6.12. The van der Waals surface area contributed by atoms with Crippen LogP contribution in [-0.2, 0) is 39.1 Å². The number of nitrogens with zero attached hydrogens (tertiary/aromatic N) is 1. The summed E-state index contributed by atoms with van der Waals surface area (Å²) >= 11 is 0. The van der Waals surface area contributed by atoms with Crippen molar-refractivity contribution in [3.63, 3.8) is 0 Å². The van der Waals surface area contributed by atoms with Gasteiger partial charge in [0.2, 0.25) is 0 Å². The van der Waals surface area contributed by atoms with Gasteiger partial charge in [-0.3, -0.25) is 0 Å². The largest absolute Gasteiger partial charge is 0.658 e. The molecule has 0 bridgehead atoms. The van der Waals surface area contributed by atoms with E-state index in [0.717, 1.165) is 0 Å². The molecule has 0 aromatic heterocycles. The molecule has 0 aliphatic heterocycles. The molecular weight excluding hydrogens is 247 g/mol. The molecule has 1 aliphatic carbocycles. The number of rotatable bonds is 1. The van der Waals surface area contributed by atoms with Gasteiger partial charge in [0.1, 0.15) is 0 Å². The third-order valence-electron chi connectivity index (χ3n) is 2.66. The van der Waals surface area contributed by atoms with Gasteiger partial charge >= 0.3 is 0 Å². The van der Waals surface area contributed by atoms with Crippen LogP contribution in [0.4, 0.5) is 0 Å². The maximum absolute atomic E-state index is 4.36. The van der Waals surface area contributed by atoms with Crippen molar-refractivity contribution in [2.75, 3.05) is 7.05 Å². The Bertz CT molecular complexity index is 296. The third kappa shape index (κ3) is 2.65. The van der Waals surface area contributed by atoms with Crippen LogP contribution in [0.2, 0.25) is 0 Å². The van der Waals surface area contributed by atoms with E-state index in [1.165, 1.54) is 29.5 Å². The minimum atomic E-state index is 0. The zero-order valence-corrected chi connectivity index (χ0v) is 12.1. The van der Waals surface area contributed by atoms with Crippen molar-refractivity contribution in [1.82, 2.24) is 0 Å². The number of benzene rings is 1. The minimum absolute atomic E-state index is 0. The fraction of sp³-hybridized carbons (Fsp3) is 0.417. The van der Waals surface area contributed by atoms with E-state index in [0.29, 0.717) is 6.04 Å². The Morgan fingerprint density at radius 3 is 2.71 bits per heavy atom. The van der Waals surface area contributed by atoms with Crippen LogP contribution in [0.1, 0.15) is 29.2 Å². The number of hydrogen-bond acceptors (Lipinski definition) is 0. The summed E-state index contributed by atoms with van der Waals surface area (Å²) in [7, 11) is 1.92. The smallest absolute Gasteiger partial charge is 0 e. The van der Waals surface area contributed by atoms with Gasteiger partial charge in [0.15, 0.2) is 0 Å². The molecule has 1 unspecified atom stereocenters. The van der Waals surface area contributed by atoms with Crippen LogP contribution in [0.25, 0.3) is 5.32 Å². The van der Waals surface area contributed by atoms with Gasteiger partial charge in [0.05, 0.1) is 0 Å². The van der Waals surface area contributed by atoms with Gasteiger partial charge in [-0.15, -0.1) is 6.04 Å². The van der Waals surface area contributed by atoms with Crippen LogP contribution < -0.4 is 0 Å². The molecule has 14 heavy (non-hydrogen) atoms. The molecular formula is C12H17NY-2. The Hall–Kier alpha value is 0.284. The van der Waals surface area contributed by atoms with Crippen LogP contribution in [0.15, 0.2) is 18.2 Å². The predicted octanol–water partition coefficient (Wildman–Crippen LogP) is 3.43. The summed E-state index contributed by atoms with van der Waals surface area (Å²) in [6, 6.07) is 7.18. The van der Waals surface area contributed by atoms with E-state index in [9.17, 15) is 0 Å². The van der Waals surface area contributed by atoms with Crippen molar-refractivity contribution in [1.29, 1.82) is 0 Å². The molecule has 1 aliphatic rings. The van der Waals surface area contributed by atoms with Gasteiger partial charge in [0, 0.05) is 32.7 Å². The molecule has 2 rings (SSSR count). The van der Waals surface area contributed by atoms with Crippen LogP contribution >= 0.6 is 0 Å². The molecule has 0 fully saturated rings. The van der Waals surface area contributed by atoms with Crippen molar-refractivity contribution in [2.45, 2.75) is 25.8 Å². The van der Waals surface area contributed by atoms with Crippen molar-refractivity contribution in [2.24, 2.45) is 0 Å². The number of hydrogen-bond donors (Lipinski definition) is 0. The third-order valence-corrected chi connectivity index (χ3v) is 2.66. The molecule has 0 saturated carbocycles. The molecule has 1 aromatic rings. The predicted molar refractivity (Wildman–Crippen MR) is 57.9 cm³/mol. The monoisotopic (exact) mass is 264 g/mol. The summed E-state index contributed by atoms with van der Waals surface area (Å²) in [4.78, 5) is 0. The molecule has 75 valence electrons. The van der Waals surface area contributed by atoms with Gasteiger partial charge in [-0.1, -0.05) is 35.7 Å². The first-order valence-corrected chi connectivity index (χ1v) is 4.49. The molecule has 2 heteroatoms. The van der Waals surface area contributed by atoms with Gasteiger partial charge in [0.25, 0.3) is 0 Å². The SMILES string of the molecule is C[N-]C1CCc2cc(C)ccc21.[CH3-].[Y]. The normalized spacial score (nSPS) is 18.0. The minimum Gasteiger partial charge on any atom is -0.658 e. The molecule has 0 spiro atoms. The molecule has 1 radical (unpaired) electrons. The van der Waals surface area contributed by atoms with Crippen LogP contribution in [-0.4, -0.2) is 7.05 Å². The summed E-state index contributed by atoms with van der Waals surface area (Å²) < 4.78 is 0. The van der Waals surface area contributed by atoms with E-state index in [1.54, 1.807) is 0 Å². The van der Waals surface area contributed by atoms with Gasteiger partial charge in [-0.25, -0.2) is 0 Å². The van der Waals surface area contributed by atoms with Crippen molar-refractivity contribution in [3.05, 3.63) is 47.6 Å². The van der Waals surface area contributed by atoms with E-state index < -0.39 is 0 Å². The topological polar surface area (TPSA) is 14.1 Å². The van der Waals surface area contributed by atoms with Crippen molar-refractivity contribution in [3.8, 4) is 0 Å². The molecule has 1 atom stereocenters. The van der Waals surface area contributed by atoms with Crippen molar-refractivity contribution < 1.29 is 32.7 Å². The van der Waals surface area contributed by atoms with Crippen LogP contribution in [0, 0.1) is 14.4 Å². The Labute approximate surface area is 113 Å². The van der Waals surface area contributed by atoms with E-state index in [4.69, 9.17) is 0 Å². The van der Waals surface area contributed by atoms with Crippen LogP contribution in [0.3, 0.4) is 0 Å². The molecule has 0 amide bonds. The summed E-state index contributed by atoms with van der Waals surface area (Å²) in [5.74, 6) is 0. The molecule has 0 N–H and O–H groups in total. The first-order valence-electron chi connectivity index (χ1n) is 4.49. The summed E-state index contributed by atoms with van der Waals surface area (Å²) in [5.41, 5.74) is 4.32. The molecule has 0 saturated heterocycles. The Balaban J connectivity index is 0.000000845. The number of aryl methyl sites for hydroxylation is 2. The maximum Gasteiger partial charge on any atom is 0 e. The Morgan fingerprint density at radius 2 is 2.07 bits per heavy atom. The van der Waals surface area contributed by atoms with Gasteiger partial charge in [-0.2, -0.15) is 7.05 Å². The van der Waals surface area contributed by atoms with E-state index in [1.807, 2.05) is 7.05 Å². The molecule has 1 nitrogen and oxygen atoms in total. The quantitative estimate of drug-likeness (QED) is 0.690. The van der Waals surface area contributed by atoms with E-state index in [2.05, 4.69) is 30.4 Å². The summed E-state index contributed by atoms with van der Waals surface area (Å²) in [6.45, 7) is 2.15.